The Labute approximate surface area is 64.4 Å². The third-order valence-electron chi connectivity index (χ3n) is 1.70. The molecule has 1 heterocycles. The van der Waals surface area contributed by atoms with Gasteiger partial charge in [0.2, 0.25) is 0 Å². The molecule has 0 unspecified atom stereocenters. The summed E-state index contributed by atoms with van der Waals surface area (Å²) in [4.78, 5) is 0. The van der Waals surface area contributed by atoms with Crippen molar-refractivity contribution >= 4 is 10.8 Å². The molecule has 11 heavy (non-hydrogen) atoms. The molecule has 0 radical (unpaired) electrons. The molecule has 0 atom stereocenters. The van der Waals surface area contributed by atoms with Gasteiger partial charge in [-0.15, -0.1) is 0 Å². The van der Waals surface area contributed by atoms with Crippen molar-refractivity contribution < 1.29 is 9.15 Å². The molecule has 1 aromatic heterocycles. The summed E-state index contributed by atoms with van der Waals surface area (Å²) in [5.41, 5.74) is 0. The predicted octanol–water partition coefficient (Wildman–Crippen LogP) is 2.44. The maximum Gasteiger partial charge on any atom is 0.129 e. The van der Waals surface area contributed by atoms with Crippen LogP contribution in [0.1, 0.15) is 0 Å². The second-order valence-electron chi connectivity index (χ2n) is 2.33. The highest BCUT2D eigenvalue weighted by molar-refractivity contribution is 5.86. The molecule has 0 amide bonds. The average Bonchev–Trinajstić information content (AvgIpc) is 2.50. The maximum atomic E-state index is 5.13. The molecule has 0 aliphatic rings. The first kappa shape index (κ1) is 6.28. The first-order valence-corrected chi connectivity index (χ1v) is 3.41. The Bertz CT molecular complexity index is 362. The van der Waals surface area contributed by atoms with Crippen molar-refractivity contribution in [1.82, 2.24) is 0 Å². The van der Waals surface area contributed by atoms with E-state index >= 15 is 0 Å². The van der Waals surface area contributed by atoms with Gasteiger partial charge in [-0.25, -0.2) is 0 Å². The summed E-state index contributed by atoms with van der Waals surface area (Å²) in [7, 11) is 1.65. The van der Waals surface area contributed by atoms with E-state index in [9.17, 15) is 0 Å². The molecule has 2 heteroatoms. The van der Waals surface area contributed by atoms with Gasteiger partial charge in [-0.3, -0.25) is 0 Å². The van der Waals surface area contributed by atoms with Gasteiger partial charge in [0.25, 0.3) is 0 Å². The second kappa shape index (κ2) is 2.31. The lowest BCUT2D eigenvalue weighted by Crippen LogP contribution is -1.81. The van der Waals surface area contributed by atoms with Crippen LogP contribution in [0.25, 0.3) is 10.8 Å². The van der Waals surface area contributed by atoms with Crippen LogP contribution in [0.15, 0.2) is 35.1 Å². The highest BCUT2D eigenvalue weighted by Crippen LogP contribution is 2.25. The number of benzene rings is 1. The Kier molecular flexibility index (Phi) is 1.32. The van der Waals surface area contributed by atoms with Gasteiger partial charge in [0.05, 0.1) is 18.8 Å². The summed E-state index contributed by atoms with van der Waals surface area (Å²) in [6.07, 6.45) is 3.39. The van der Waals surface area contributed by atoms with Crippen molar-refractivity contribution in [2.45, 2.75) is 0 Å². The number of rotatable bonds is 1. The van der Waals surface area contributed by atoms with E-state index in [1.807, 2.05) is 18.2 Å². The van der Waals surface area contributed by atoms with E-state index in [1.54, 1.807) is 19.6 Å². The molecule has 0 N–H and O–H groups in total. The molecule has 2 rings (SSSR count). The van der Waals surface area contributed by atoms with Crippen molar-refractivity contribution in [3.05, 3.63) is 30.7 Å². The summed E-state index contributed by atoms with van der Waals surface area (Å²) < 4.78 is 10.2. The fraction of sp³-hybridized carbons (Fsp3) is 0.111. The lowest BCUT2D eigenvalue weighted by molar-refractivity contribution is 0.419. The third-order valence-corrected chi connectivity index (χ3v) is 1.70. The number of hydrogen-bond donors (Lipinski definition) is 0. The van der Waals surface area contributed by atoms with Crippen LogP contribution in [0, 0.1) is 0 Å². The van der Waals surface area contributed by atoms with Crippen LogP contribution >= 0.6 is 0 Å². The number of hydrogen-bond acceptors (Lipinski definition) is 2. The number of furan rings is 1. The lowest BCUT2D eigenvalue weighted by Gasteiger charge is -1.98. The second-order valence-corrected chi connectivity index (χ2v) is 2.33. The Morgan fingerprint density at radius 2 is 2.18 bits per heavy atom. The molecule has 0 bridgehead atoms. The maximum absolute atomic E-state index is 5.13. The van der Waals surface area contributed by atoms with Crippen LogP contribution in [0.2, 0.25) is 0 Å². The Balaban J connectivity index is 2.79. The number of ether oxygens (including phenoxy) is 1. The SMILES string of the molecule is COc1cccc2cocc12. The molecule has 0 saturated heterocycles. The Morgan fingerprint density at radius 3 is 3.00 bits per heavy atom. The van der Waals surface area contributed by atoms with Gasteiger partial charge in [0, 0.05) is 5.39 Å². The normalized spacial score (nSPS) is 10.3. The quantitative estimate of drug-likeness (QED) is 0.619. The minimum atomic E-state index is 0.858. The fourth-order valence-electron chi connectivity index (χ4n) is 1.14. The van der Waals surface area contributed by atoms with E-state index in [-0.39, 0.29) is 0 Å². The van der Waals surface area contributed by atoms with Crippen LogP contribution in [0.3, 0.4) is 0 Å². The molecular weight excluding hydrogens is 140 g/mol. The van der Waals surface area contributed by atoms with E-state index in [2.05, 4.69) is 0 Å². The van der Waals surface area contributed by atoms with E-state index in [0.717, 1.165) is 16.5 Å². The van der Waals surface area contributed by atoms with Gasteiger partial charge in [0.15, 0.2) is 0 Å². The number of fused-ring (bicyclic) bond motifs is 1. The zero-order chi connectivity index (χ0) is 7.68. The topological polar surface area (TPSA) is 22.4 Å². The molecule has 0 spiro atoms. The summed E-state index contributed by atoms with van der Waals surface area (Å²) >= 11 is 0. The summed E-state index contributed by atoms with van der Waals surface area (Å²) in [5.74, 6) is 0.858. The minimum absolute atomic E-state index is 0.858. The van der Waals surface area contributed by atoms with Crippen LogP contribution in [-0.2, 0) is 0 Å². The molecule has 0 aliphatic heterocycles. The highest BCUT2D eigenvalue weighted by Gasteiger charge is 2.00. The molecule has 0 saturated carbocycles. The summed E-state index contributed by atoms with van der Waals surface area (Å²) in [6.45, 7) is 0. The van der Waals surface area contributed by atoms with Crippen LogP contribution < -0.4 is 4.74 Å². The molecule has 2 aromatic rings. The minimum Gasteiger partial charge on any atom is -0.496 e. The van der Waals surface area contributed by atoms with Gasteiger partial charge in [-0.2, -0.15) is 0 Å². The molecule has 0 aliphatic carbocycles. The van der Waals surface area contributed by atoms with Crippen molar-refractivity contribution in [2.75, 3.05) is 7.11 Å². The predicted molar refractivity (Wildman–Crippen MR) is 42.8 cm³/mol. The number of methoxy groups -OCH3 is 1. The monoisotopic (exact) mass is 148 g/mol. The average molecular weight is 148 g/mol. The van der Waals surface area contributed by atoms with Crippen LogP contribution in [0.4, 0.5) is 0 Å². The molecular formula is C9H8O2. The molecule has 1 aromatic carbocycles. The van der Waals surface area contributed by atoms with E-state index in [4.69, 9.17) is 9.15 Å². The van der Waals surface area contributed by atoms with Crippen molar-refractivity contribution in [3.8, 4) is 5.75 Å². The highest BCUT2D eigenvalue weighted by atomic mass is 16.5. The largest absolute Gasteiger partial charge is 0.496 e. The summed E-state index contributed by atoms with van der Waals surface area (Å²) in [5, 5.41) is 2.10. The zero-order valence-electron chi connectivity index (χ0n) is 6.20. The van der Waals surface area contributed by atoms with Crippen LogP contribution in [0.5, 0.6) is 5.75 Å². The zero-order valence-corrected chi connectivity index (χ0v) is 6.20. The first-order valence-electron chi connectivity index (χ1n) is 3.41. The van der Waals surface area contributed by atoms with E-state index in [1.165, 1.54) is 0 Å². The van der Waals surface area contributed by atoms with Gasteiger partial charge in [-0.1, -0.05) is 12.1 Å². The van der Waals surface area contributed by atoms with Crippen molar-refractivity contribution in [1.29, 1.82) is 0 Å². The molecule has 2 nitrogen and oxygen atoms in total. The van der Waals surface area contributed by atoms with Gasteiger partial charge < -0.3 is 9.15 Å². The van der Waals surface area contributed by atoms with E-state index < -0.39 is 0 Å². The van der Waals surface area contributed by atoms with Gasteiger partial charge in [-0.05, 0) is 6.07 Å². The van der Waals surface area contributed by atoms with Crippen LogP contribution in [-0.4, -0.2) is 7.11 Å². The third kappa shape index (κ3) is 0.871. The standard InChI is InChI=1S/C9H8O2/c1-10-9-4-2-3-7-5-11-6-8(7)9/h2-6H,1H3. The Hall–Kier alpha value is -1.44. The fourth-order valence-corrected chi connectivity index (χ4v) is 1.14. The van der Waals surface area contributed by atoms with Crippen molar-refractivity contribution in [3.63, 3.8) is 0 Å². The van der Waals surface area contributed by atoms with Gasteiger partial charge >= 0.3 is 0 Å². The molecule has 0 fully saturated rings. The Morgan fingerprint density at radius 1 is 1.27 bits per heavy atom. The smallest absolute Gasteiger partial charge is 0.129 e. The van der Waals surface area contributed by atoms with E-state index in [0.29, 0.717) is 0 Å². The van der Waals surface area contributed by atoms with Crippen molar-refractivity contribution in [2.24, 2.45) is 0 Å². The van der Waals surface area contributed by atoms with Gasteiger partial charge in [0.1, 0.15) is 12.0 Å². The lowest BCUT2D eigenvalue weighted by atomic mass is 10.2. The summed E-state index contributed by atoms with van der Waals surface area (Å²) in [6, 6.07) is 5.84. The molecule has 56 valence electrons. The first-order chi connectivity index (χ1) is 5.42.